The van der Waals surface area contributed by atoms with Gasteiger partial charge >= 0.3 is 0 Å². The number of carbonyl (C=O) groups is 1. The van der Waals surface area contributed by atoms with Crippen LogP contribution >= 0.6 is 0 Å². The average Bonchev–Trinajstić information content (AvgIpc) is 2.76. The van der Waals surface area contributed by atoms with Crippen molar-refractivity contribution in [3.63, 3.8) is 0 Å². The molecule has 0 radical (unpaired) electrons. The van der Waals surface area contributed by atoms with Gasteiger partial charge in [0.15, 0.2) is 0 Å². The largest absolute Gasteiger partial charge is 0.489 e. The van der Waals surface area contributed by atoms with E-state index in [2.05, 4.69) is 19.2 Å². The monoisotopic (exact) mass is 386 g/mol. The fourth-order valence-electron chi connectivity index (χ4n) is 3.85. The number of nitrogens with zero attached hydrogens (tertiary/aromatic N) is 1. The first-order valence-electron chi connectivity index (χ1n) is 10.1. The molecule has 1 unspecified atom stereocenters. The number of nitrogens with one attached hydrogen (secondary N) is 1. The number of carbonyl (C=O) groups excluding carboxylic acids is 1. The number of amides is 1. The van der Waals surface area contributed by atoms with Crippen molar-refractivity contribution < 1.29 is 9.53 Å². The van der Waals surface area contributed by atoms with E-state index < -0.39 is 5.66 Å². The molecular formula is C25H26N2O2. The molecule has 0 bridgehead atoms. The van der Waals surface area contributed by atoms with Crippen LogP contribution in [0.5, 0.6) is 5.75 Å². The first-order valence-corrected chi connectivity index (χ1v) is 10.1. The Morgan fingerprint density at radius 1 is 0.931 bits per heavy atom. The average molecular weight is 386 g/mol. The highest BCUT2D eigenvalue weighted by Gasteiger charge is 2.41. The topological polar surface area (TPSA) is 41.6 Å². The minimum Gasteiger partial charge on any atom is -0.489 e. The highest BCUT2D eigenvalue weighted by Crippen LogP contribution is 2.38. The van der Waals surface area contributed by atoms with Crippen molar-refractivity contribution in [1.29, 1.82) is 0 Å². The molecule has 1 aliphatic heterocycles. The van der Waals surface area contributed by atoms with Crippen LogP contribution in [0.15, 0.2) is 78.9 Å². The second kappa shape index (κ2) is 8.00. The summed E-state index contributed by atoms with van der Waals surface area (Å²) in [4.78, 5) is 15.1. The second-order valence-corrected chi connectivity index (χ2v) is 7.50. The van der Waals surface area contributed by atoms with E-state index in [9.17, 15) is 4.79 Å². The zero-order valence-corrected chi connectivity index (χ0v) is 16.9. The number of fused-ring (bicyclic) bond motifs is 1. The molecule has 1 N–H and O–H groups in total. The summed E-state index contributed by atoms with van der Waals surface area (Å²) in [5.41, 5.74) is 3.15. The maximum absolute atomic E-state index is 13.2. The van der Waals surface area contributed by atoms with E-state index >= 15 is 0 Å². The molecule has 4 nitrogen and oxygen atoms in total. The van der Waals surface area contributed by atoms with Gasteiger partial charge in [-0.3, -0.25) is 4.79 Å². The maximum Gasteiger partial charge on any atom is 0.258 e. The summed E-state index contributed by atoms with van der Waals surface area (Å²) >= 11 is 0. The molecule has 4 heteroatoms. The molecule has 0 saturated heterocycles. The van der Waals surface area contributed by atoms with Crippen LogP contribution in [0.3, 0.4) is 0 Å². The summed E-state index contributed by atoms with van der Waals surface area (Å²) < 4.78 is 5.92. The van der Waals surface area contributed by atoms with Crippen LogP contribution in [0.4, 0.5) is 5.69 Å². The van der Waals surface area contributed by atoms with Crippen LogP contribution in [-0.2, 0) is 12.3 Å². The fraction of sp³-hybridized carbons (Fsp3) is 0.240. The molecule has 1 amide bonds. The van der Waals surface area contributed by atoms with Crippen molar-refractivity contribution >= 4 is 11.6 Å². The molecule has 4 rings (SSSR count). The van der Waals surface area contributed by atoms with E-state index in [0.29, 0.717) is 13.2 Å². The lowest BCUT2D eigenvalue weighted by Gasteiger charge is -2.46. The Morgan fingerprint density at radius 3 is 2.34 bits per heavy atom. The number of hydrogen-bond donors (Lipinski definition) is 1. The summed E-state index contributed by atoms with van der Waals surface area (Å²) in [6.45, 7) is 5.37. The normalized spacial score (nSPS) is 18.1. The Balaban J connectivity index is 1.59. The molecule has 1 heterocycles. The van der Waals surface area contributed by atoms with E-state index in [-0.39, 0.29) is 5.91 Å². The van der Waals surface area contributed by atoms with Gasteiger partial charge in [-0.25, -0.2) is 0 Å². The Hall–Kier alpha value is -3.27. The number of anilines is 1. The first kappa shape index (κ1) is 19.1. The van der Waals surface area contributed by atoms with Crippen molar-refractivity contribution in [3.8, 4) is 5.75 Å². The van der Waals surface area contributed by atoms with Gasteiger partial charge in [-0.1, -0.05) is 61.5 Å². The van der Waals surface area contributed by atoms with Crippen LogP contribution in [0.1, 0.15) is 41.8 Å². The molecular weight excluding hydrogens is 360 g/mol. The van der Waals surface area contributed by atoms with Gasteiger partial charge in [0.1, 0.15) is 18.0 Å². The van der Waals surface area contributed by atoms with E-state index in [4.69, 9.17) is 4.74 Å². The van der Waals surface area contributed by atoms with Crippen molar-refractivity contribution in [2.24, 2.45) is 0 Å². The first-order chi connectivity index (χ1) is 14.1. The lowest BCUT2D eigenvalue weighted by atomic mass is 9.93. The molecule has 3 aromatic carbocycles. The minimum atomic E-state index is -0.612. The zero-order chi connectivity index (χ0) is 20.3. The van der Waals surface area contributed by atoms with Gasteiger partial charge in [0.05, 0.1) is 5.56 Å². The van der Waals surface area contributed by atoms with Gasteiger partial charge < -0.3 is 15.0 Å². The maximum atomic E-state index is 13.2. The fourth-order valence-corrected chi connectivity index (χ4v) is 3.85. The van der Waals surface area contributed by atoms with Crippen molar-refractivity contribution in [2.75, 3.05) is 11.9 Å². The van der Waals surface area contributed by atoms with Crippen molar-refractivity contribution in [1.82, 2.24) is 4.90 Å². The van der Waals surface area contributed by atoms with Gasteiger partial charge in [-0.15, -0.1) is 0 Å². The predicted octanol–water partition coefficient (Wildman–Crippen LogP) is 5.42. The molecule has 29 heavy (non-hydrogen) atoms. The quantitative estimate of drug-likeness (QED) is 0.615. The summed E-state index contributed by atoms with van der Waals surface area (Å²) in [6, 6.07) is 25.8. The summed E-state index contributed by atoms with van der Waals surface area (Å²) in [5, 5.41) is 3.60. The van der Waals surface area contributed by atoms with Crippen LogP contribution in [0.2, 0.25) is 0 Å². The Bertz CT molecular complexity index is 985. The molecule has 1 atom stereocenters. The van der Waals surface area contributed by atoms with Gasteiger partial charge in [0, 0.05) is 12.2 Å². The Morgan fingerprint density at radius 2 is 1.62 bits per heavy atom. The Kier molecular flexibility index (Phi) is 5.26. The molecule has 0 aliphatic carbocycles. The van der Waals surface area contributed by atoms with Crippen molar-refractivity contribution in [3.05, 3.63) is 95.6 Å². The molecule has 1 aliphatic rings. The van der Waals surface area contributed by atoms with E-state index in [1.807, 2.05) is 83.8 Å². The highest BCUT2D eigenvalue weighted by molar-refractivity contribution is 6.02. The smallest absolute Gasteiger partial charge is 0.258 e. The summed E-state index contributed by atoms with van der Waals surface area (Å²) in [5.74, 6) is 0.874. The third kappa shape index (κ3) is 3.70. The number of ether oxygens (including phenoxy) is 1. The molecule has 0 aromatic heterocycles. The molecule has 148 valence electrons. The predicted molar refractivity (Wildman–Crippen MR) is 116 cm³/mol. The van der Waals surface area contributed by atoms with Crippen LogP contribution in [0, 0.1) is 0 Å². The number of hydrogen-bond acceptors (Lipinski definition) is 3. The van der Waals surface area contributed by atoms with Gasteiger partial charge in [0.25, 0.3) is 5.91 Å². The number of benzene rings is 3. The minimum absolute atomic E-state index is 0.0631. The SMILES string of the molecule is CCCN1C(=O)c2ccccc2NC1(C)c1ccc(OCc2ccccc2)cc1. The van der Waals surface area contributed by atoms with Crippen LogP contribution in [-0.4, -0.2) is 17.4 Å². The second-order valence-electron chi connectivity index (χ2n) is 7.50. The van der Waals surface area contributed by atoms with Gasteiger partial charge in [-0.2, -0.15) is 0 Å². The van der Waals surface area contributed by atoms with E-state index in [1.165, 1.54) is 0 Å². The van der Waals surface area contributed by atoms with Crippen LogP contribution in [0.25, 0.3) is 0 Å². The highest BCUT2D eigenvalue weighted by atomic mass is 16.5. The molecule has 0 spiro atoms. The van der Waals surface area contributed by atoms with Gasteiger partial charge in [-0.05, 0) is 48.7 Å². The Labute approximate surface area is 172 Å². The molecule has 0 saturated carbocycles. The molecule has 0 fully saturated rings. The van der Waals surface area contributed by atoms with E-state index in [1.54, 1.807) is 0 Å². The van der Waals surface area contributed by atoms with Gasteiger partial charge in [0.2, 0.25) is 0 Å². The number of para-hydroxylation sites is 1. The third-order valence-electron chi connectivity index (χ3n) is 5.43. The number of rotatable bonds is 6. The van der Waals surface area contributed by atoms with E-state index in [0.717, 1.165) is 34.5 Å². The van der Waals surface area contributed by atoms with Crippen LogP contribution < -0.4 is 10.1 Å². The third-order valence-corrected chi connectivity index (χ3v) is 5.43. The van der Waals surface area contributed by atoms with Crippen molar-refractivity contribution in [2.45, 2.75) is 32.5 Å². The molecule has 3 aromatic rings. The summed E-state index contributed by atoms with van der Waals surface area (Å²) in [6.07, 6.45) is 0.892. The standard InChI is InChI=1S/C25H26N2O2/c1-3-17-27-24(28)22-11-7-8-12-23(22)26-25(27,2)20-13-15-21(16-14-20)29-18-19-9-5-4-6-10-19/h4-16,26H,3,17-18H2,1-2H3. The summed E-state index contributed by atoms with van der Waals surface area (Å²) in [7, 11) is 0. The lowest BCUT2D eigenvalue weighted by Crippen LogP contribution is -2.56. The zero-order valence-electron chi connectivity index (χ0n) is 16.9. The lowest BCUT2D eigenvalue weighted by molar-refractivity contribution is 0.0535.